The van der Waals surface area contributed by atoms with Gasteiger partial charge in [0.25, 0.3) is 0 Å². The molecule has 0 spiro atoms. The maximum atomic E-state index is 10.5. The number of nitrogens with zero attached hydrogens (tertiary/aromatic N) is 1. The normalized spacial score (nSPS) is 34.0. The molecule has 0 amide bonds. The van der Waals surface area contributed by atoms with Crippen LogP contribution >= 0.6 is 0 Å². The fourth-order valence-corrected chi connectivity index (χ4v) is 4.24. The van der Waals surface area contributed by atoms with Crippen molar-refractivity contribution in [1.82, 2.24) is 4.90 Å². The third-order valence-electron chi connectivity index (χ3n) is 5.57. The van der Waals surface area contributed by atoms with E-state index in [2.05, 4.69) is 25.8 Å². The summed E-state index contributed by atoms with van der Waals surface area (Å²) in [6.45, 7) is 6.28. The van der Waals surface area contributed by atoms with Crippen LogP contribution in [0.25, 0.3) is 0 Å². The van der Waals surface area contributed by atoms with Gasteiger partial charge < -0.3 is 15.1 Å². The van der Waals surface area contributed by atoms with Crippen LogP contribution in [0.2, 0.25) is 0 Å². The van der Waals surface area contributed by atoms with E-state index >= 15 is 0 Å². The van der Waals surface area contributed by atoms with E-state index < -0.39 is 5.60 Å². The summed E-state index contributed by atoms with van der Waals surface area (Å²) in [5.41, 5.74) is -0.466. The molecule has 3 unspecified atom stereocenters. The molecule has 2 N–H and O–H groups in total. The maximum absolute atomic E-state index is 10.5. The molecule has 0 aliphatic heterocycles. The smallest absolute Gasteiger partial charge is 0.0774 e. The lowest BCUT2D eigenvalue weighted by Crippen LogP contribution is -2.44. The van der Waals surface area contributed by atoms with Crippen molar-refractivity contribution in [3.05, 3.63) is 0 Å². The highest BCUT2D eigenvalue weighted by Crippen LogP contribution is 2.35. The Bertz CT molecular complexity index is 299. The zero-order chi connectivity index (χ0) is 14.8. The molecule has 3 heteroatoms. The number of aliphatic hydroxyl groups is 2. The van der Waals surface area contributed by atoms with Crippen LogP contribution in [0.5, 0.6) is 0 Å². The van der Waals surface area contributed by atoms with E-state index in [-0.39, 0.29) is 6.10 Å². The predicted octanol–water partition coefficient (Wildman–Crippen LogP) is 2.66. The Labute approximate surface area is 124 Å². The largest absolute Gasteiger partial charge is 0.393 e. The molecule has 2 aliphatic rings. The summed E-state index contributed by atoms with van der Waals surface area (Å²) in [5.74, 6) is 1.85. The molecule has 0 radical (unpaired) electrons. The predicted molar refractivity (Wildman–Crippen MR) is 82.6 cm³/mol. The lowest BCUT2D eigenvalue weighted by Gasteiger charge is -2.38. The van der Waals surface area contributed by atoms with Crippen LogP contribution in [-0.2, 0) is 0 Å². The second-order valence-electron chi connectivity index (χ2n) is 7.77. The molecular formula is C17H33NO2. The first-order valence-corrected chi connectivity index (χ1v) is 8.48. The lowest BCUT2D eigenvalue weighted by molar-refractivity contribution is -0.0120. The van der Waals surface area contributed by atoms with Crippen LogP contribution < -0.4 is 0 Å². The van der Waals surface area contributed by atoms with Crippen molar-refractivity contribution in [2.24, 2.45) is 17.8 Å². The molecule has 2 aliphatic carbocycles. The first kappa shape index (κ1) is 16.3. The number of likely N-dealkylation sites (N-methyl/N-ethyl adjacent to an activating group) is 1. The Kier molecular flexibility index (Phi) is 5.49. The van der Waals surface area contributed by atoms with Crippen LogP contribution in [0.3, 0.4) is 0 Å². The monoisotopic (exact) mass is 283 g/mol. The Hall–Kier alpha value is -0.120. The molecule has 3 atom stereocenters. The second kappa shape index (κ2) is 6.76. The molecule has 0 aromatic heterocycles. The van der Waals surface area contributed by atoms with Crippen molar-refractivity contribution in [3.8, 4) is 0 Å². The van der Waals surface area contributed by atoms with Crippen molar-refractivity contribution < 1.29 is 10.2 Å². The van der Waals surface area contributed by atoms with E-state index in [0.29, 0.717) is 11.8 Å². The summed E-state index contributed by atoms with van der Waals surface area (Å²) in [5, 5.41) is 20.7. The van der Waals surface area contributed by atoms with Gasteiger partial charge in [-0.05, 0) is 56.9 Å². The van der Waals surface area contributed by atoms with E-state index in [1.165, 1.54) is 6.42 Å². The van der Waals surface area contributed by atoms with Crippen LogP contribution in [0.4, 0.5) is 0 Å². The Morgan fingerprint density at radius 3 is 2.45 bits per heavy atom. The second-order valence-corrected chi connectivity index (χ2v) is 7.77. The Morgan fingerprint density at radius 2 is 1.85 bits per heavy atom. The number of hydrogen-bond donors (Lipinski definition) is 2. The van der Waals surface area contributed by atoms with Gasteiger partial charge in [0.2, 0.25) is 0 Å². The fraction of sp³-hybridized carbons (Fsp3) is 1.00. The quantitative estimate of drug-likeness (QED) is 0.815. The highest BCUT2D eigenvalue weighted by atomic mass is 16.3. The average molecular weight is 283 g/mol. The summed E-state index contributed by atoms with van der Waals surface area (Å²) in [7, 11) is 2.10. The van der Waals surface area contributed by atoms with Gasteiger partial charge in [0.05, 0.1) is 11.7 Å². The summed E-state index contributed by atoms with van der Waals surface area (Å²) in [6, 6.07) is 0. The van der Waals surface area contributed by atoms with Gasteiger partial charge in [0, 0.05) is 13.1 Å². The molecule has 0 heterocycles. The third-order valence-corrected chi connectivity index (χ3v) is 5.57. The van der Waals surface area contributed by atoms with Crippen LogP contribution in [0.15, 0.2) is 0 Å². The van der Waals surface area contributed by atoms with E-state index in [1.807, 2.05) is 0 Å². The number of hydrogen-bond acceptors (Lipinski definition) is 3. The fourth-order valence-electron chi connectivity index (χ4n) is 4.24. The van der Waals surface area contributed by atoms with Crippen LogP contribution in [0.1, 0.15) is 58.8 Å². The molecule has 118 valence electrons. The highest BCUT2D eigenvalue weighted by molar-refractivity contribution is 4.88. The summed E-state index contributed by atoms with van der Waals surface area (Å²) in [4.78, 5) is 2.25. The van der Waals surface area contributed by atoms with Crippen molar-refractivity contribution in [1.29, 1.82) is 0 Å². The van der Waals surface area contributed by atoms with Gasteiger partial charge in [-0.3, -0.25) is 0 Å². The van der Waals surface area contributed by atoms with E-state index in [0.717, 1.165) is 57.5 Å². The molecular weight excluding hydrogens is 250 g/mol. The molecule has 3 nitrogen and oxygen atoms in total. The van der Waals surface area contributed by atoms with Crippen LogP contribution in [-0.4, -0.2) is 47.0 Å². The first-order valence-electron chi connectivity index (χ1n) is 8.48. The molecule has 2 rings (SSSR count). The highest BCUT2D eigenvalue weighted by Gasteiger charge is 2.35. The minimum absolute atomic E-state index is 0.148. The number of aliphatic hydroxyl groups excluding tert-OH is 1. The molecule has 0 aromatic carbocycles. The van der Waals surface area contributed by atoms with Crippen molar-refractivity contribution in [3.63, 3.8) is 0 Å². The molecule has 0 bridgehead atoms. The van der Waals surface area contributed by atoms with Gasteiger partial charge in [0.1, 0.15) is 0 Å². The summed E-state index contributed by atoms with van der Waals surface area (Å²) < 4.78 is 0. The van der Waals surface area contributed by atoms with Gasteiger partial charge >= 0.3 is 0 Å². The van der Waals surface area contributed by atoms with Gasteiger partial charge in [-0.1, -0.05) is 26.7 Å². The Balaban J connectivity index is 1.84. The van der Waals surface area contributed by atoms with Gasteiger partial charge in [0.15, 0.2) is 0 Å². The summed E-state index contributed by atoms with van der Waals surface area (Å²) in [6.07, 6.45) is 7.32. The van der Waals surface area contributed by atoms with Gasteiger partial charge in [-0.15, -0.1) is 0 Å². The number of rotatable bonds is 5. The van der Waals surface area contributed by atoms with Crippen molar-refractivity contribution in [2.75, 3.05) is 20.1 Å². The molecule has 2 saturated carbocycles. The molecule has 20 heavy (non-hydrogen) atoms. The van der Waals surface area contributed by atoms with Gasteiger partial charge in [-0.2, -0.15) is 0 Å². The molecule has 0 saturated heterocycles. The summed E-state index contributed by atoms with van der Waals surface area (Å²) >= 11 is 0. The Morgan fingerprint density at radius 1 is 1.20 bits per heavy atom. The van der Waals surface area contributed by atoms with Crippen molar-refractivity contribution >= 4 is 0 Å². The minimum atomic E-state index is -0.466. The van der Waals surface area contributed by atoms with E-state index in [4.69, 9.17) is 0 Å². The average Bonchev–Trinajstić information content (AvgIpc) is 2.78. The zero-order valence-electron chi connectivity index (χ0n) is 13.5. The van der Waals surface area contributed by atoms with E-state index in [1.54, 1.807) is 0 Å². The SMILES string of the molecule is CC(C)C1CCC(O)C(CN(C)CC2(O)CCCC2)C1. The van der Waals surface area contributed by atoms with Crippen molar-refractivity contribution in [2.45, 2.75) is 70.5 Å². The lowest BCUT2D eigenvalue weighted by atomic mass is 9.74. The first-order chi connectivity index (χ1) is 9.39. The zero-order valence-corrected chi connectivity index (χ0v) is 13.5. The molecule has 0 aromatic rings. The van der Waals surface area contributed by atoms with Gasteiger partial charge in [-0.25, -0.2) is 0 Å². The van der Waals surface area contributed by atoms with E-state index in [9.17, 15) is 10.2 Å². The molecule has 2 fully saturated rings. The topological polar surface area (TPSA) is 43.7 Å². The standard InChI is InChI=1S/C17H33NO2/c1-13(2)14-6-7-16(19)15(10-14)11-18(3)12-17(20)8-4-5-9-17/h13-16,19-20H,4-12H2,1-3H3. The maximum Gasteiger partial charge on any atom is 0.0774 e. The minimum Gasteiger partial charge on any atom is -0.393 e. The van der Waals surface area contributed by atoms with Crippen LogP contribution in [0, 0.1) is 17.8 Å². The third kappa shape index (κ3) is 4.19.